The highest BCUT2D eigenvalue weighted by atomic mass is 16.3. The van der Waals surface area contributed by atoms with Gasteiger partial charge >= 0.3 is 0 Å². The molecule has 0 aliphatic rings. The van der Waals surface area contributed by atoms with Crippen LogP contribution in [0.25, 0.3) is 0 Å². The van der Waals surface area contributed by atoms with E-state index in [1.54, 1.807) is 0 Å². The summed E-state index contributed by atoms with van der Waals surface area (Å²) in [7, 11) is 0. The van der Waals surface area contributed by atoms with Crippen molar-refractivity contribution in [1.82, 2.24) is 0 Å². The molecule has 0 radical (unpaired) electrons. The Labute approximate surface area is 105 Å². The third kappa shape index (κ3) is 7.16. The lowest BCUT2D eigenvalue weighted by molar-refractivity contribution is -0.114. The molecule has 0 saturated carbocycles. The first kappa shape index (κ1) is 16.2. The molecular formula is C14H27NO2. The second-order valence-electron chi connectivity index (χ2n) is 4.52. The molecule has 0 spiro atoms. The molecule has 1 amide bonds. The van der Waals surface area contributed by atoms with Crippen molar-refractivity contribution in [2.24, 2.45) is 5.73 Å². The third-order valence-electron chi connectivity index (χ3n) is 3.03. The fourth-order valence-electron chi connectivity index (χ4n) is 1.94. The number of nitrogens with two attached hydrogens (primary N) is 1. The Morgan fingerprint density at radius 2 is 1.53 bits per heavy atom. The van der Waals surface area contributed by atoms with Crippen LogP contribution in [0.1, 0.15) is 65.2 Å². The SMILES string of the molecule is CCCCC/C(CO)=C(/CCCCC)C(N)=O. The van der Waals surface area contributed by atoms with Crippen molar-refractivity contribution >= 4 is 5.91 Å². The van der Waals surface area contributed by atoms with E-state index in [-0.39, 0.29) is 12.5 Å². The Balaban J connectivity index is 4.48. The van der Waals surface area contributed by atoms with Gasteiger partial charge in [-0.2, -0.15) is 0 Å². The monoisotopic (exact) mass is 241 g/mol. The first-order valence-electron chi connectivity index (χ1n) is 6.78. The predicted octanol–water partition coefficient (Wildman–Crippen LogP) is 2.92. The smallest absolute Gasteiger partial charge is 0.244 e. The zero-order valence-corrected chi connectivity index (χ0v) is 11.3. The van der Waals surface area contributed by atoms with E-state index >= 15 is 0 Å². The van der Waals surface area contributed by atoms with E-state index in [1.807, 2.05) is 0 Å². The molecule has 3 heteroatoms. The third-order valence-corrected chi connectivity index (χ3v) is 3.03. The van der Waals surface area contributed by atoms with E-state index < -0.39 is 0 Å². The Bertz CT molecular complexity index is 247. The summed E-state index contributed by atoms with van der Waals surface area (Å²) in [6.45, 7) is 4.23. The Kier molecular flexibility index (Phi) is 9.83. The highest BCUT2D eigenvalue weighted by Crippen LogP contribution is 2.18. The molecule has 0 rings (SSSR count). The van der Waals surface area contributed by atoms with Gasteiger partial charge in [0, 0.05) is 5.57 Å². The van der Waals surface area contributed by atoms with Crippen LogP contribution in [0.4, 0.5) is 0 Å². The van der Waals surface area contributed by atoms with Crippen molar-refractivity contribution in [3.8, 4) is 0 Å². The molecule has 0 bridgehead atoms. The molecule has 0 aromatic carbocycles. The van der Waals surface area contributed by atoms with Gasteiger partial charge in [0.15, 0.2) is 0 Å². The summed E-state index contributed by atoms with van der Waals surface area (Å²) in [5.74, 6) is -0.360. The summed E-state index contributed by atoms with van der Waals surface area (Å²) in [4.78, 5) is 11.4. The van der Waals surface area contributed by atoms with Crippen molar-refractivity contribution in [3.63, 3.8) is 0 Å². The van der Waals surface area contributed by atoms with E-state index in [4.69, 9.17) is 5.73 Å². The summed E-state index contributed by atoms with van der Waals surface area (Å²) in [5, 5.41) is 9.34. The van der Waals surface area contributed by atoms with Gasteiger partial charge in [0.05, 0.1) is 6.61 Å². The van der Waals surface area contributed by atoms with Gasteiger partial charge in [-0.3, -0.25) is 4.79 Å². The van der Waals surface area contributed by atoms with Gasteiger partial charge in [0.1, 0.15) is 0 Å². The van der Waals surface area contributed by atoms with Gasteiger partial charge in [-0.25, -0.2) is 0 Å². The molecule has 0 unspecified atom stereocenters. The lowest BCUT2D eigenvalue weighted by atomic mass is 9.97. The molecule has 3 nitrogen and oxygen atoms in total. The van der Waals surface area contributed by atoms with Gasteiger partial charge in [-0.05, 0) is 31.3 Å². The van der Waals surface area contributed by atoms with Crippen molar-refractivity contribution in [2.75, 3.05) is 6.61 Å². The Hall–Kier alpha value is -0.830. The number of carbonyl (C=O) groups excluding carboxylic acids is 1. The van der Waals surface area contributed by atoms with Gasteiger partial charge in [0.25, 0.3) is 0 Å². The Morgan fingerprint density at radius 1 is 1.00 bits per heavy atom. The number of hydrogen-bond donors (Lipinski definition) is 2. The largest absolute Gasteiger partial charge is 0.392 e. The Morgan fingerprint density at radius 3 is 1.94 bits per heavy atom. The van der Waals surface area contributed by atoms with Crippen molar-refractivity contribution < 1.29 is 9.90 Å². The van der Waals surface area contributed by atoms with E-state index in [0.717, 1.165) is 50.5 Å². The summed E-state index contributed by atoms with van der Waals surface area (Å²) >= 11 is 0. The van der Waals surface area contributed by atoms with Crippen LogP contribution in [-0.4, -0.2) is 17.6 Å². The predicted molar refractivity (Wildman–Crippen MR) is 71.6 cm³/mol. The maximum Gasteiger partial charge on any atom is 0.244 e. The highest BCUT2D eigenvalue weighted by Gasteiger charge is 2.11. The second kappa shape index (κ2) is 10.3. The number of primary amides is 1. The van der Waals surface area contributed by atoms with Crippen LogP contribution in [0.15, 0.2) is 11.1 Å². The molecule has 0 saturated heterocycles. The number of aliphatic hydroxyl groups excluding tert-OH is 1. The van der Waals surface area contributed by atoms with Crippen LogP contribution in [0.5, 0.6) is 0 Å². The van der Waals surface area contributed by atoms with Gasteiger partial charge in [-0.1, -0.05) is 39.5 Å². The van der Waals surface area contributed by atoms with Crippen LogP contribution in [0.3, 0.4) is 0 Å². The van der Waals surface area contributed by atoms with Crippen molar-refractivity contribution in [3.05, 3.63) is 11.1 Å². The molecule has 100 valence electrons. The fraction of sp³-hybridized carbons (Fsp3) is 0.786. The zero-order valence-electron chi connectivity index (χ0n) is 11.3. The first-order chi connectivity index (χ1) is 8.17. The molecule has 0 aliphatic carbocycles. The highest BCUT2D eigenvalue weighted by molar-refractivity contribution is 5.92. The van der Waals surface area contributed by atoms with E-state index in [0.29, 0.717) is 12.0 Å². The maximum atomic E-state index is 11.4. The van der Waals surface area contributed by atoms with E-state index in [1.165, 1.54) is 0 Å². The van der Waals surface area contributed by atoms with Crippen molar-refractivity contribution in [1.29, 1.82) is 0 Å². The van der Waals surface area contributed by atoms with Crippen LogP contribution in [0, 0.1) is 0 Å². The van der Waals surface area contributed by atoms with Crippen LogP contribution < -0.4 is 5.73 Å². The molecule has 0 atom stereocenters. The normalized spacial score (nSPS) is 12.4. The number of hydrogen-bond acceptors (Lipinski definition) is 2. The van der Waals surface area contributed by atoms with Gasteiger partial charge in [-0.15, -0.1) is 0 Å². The minimum Gasteiger partial charge on any atom is -0.392 e. The number of aliphatic hydroxyl groups is 1. The molecule has 17 heavy (non-hydrogen) atoms. The number of amides is 1. The summed E-state index contributed by atoms with van der Waals surface area (Å²) < 4.78 is 0. The molecule has 0 aromatic rings. The lowest BCUT2D eigenvalue weighted by Gasteiger charge is -2.11. The molecule has 0 fully saturated rings. The van der Waals surface area contributed by atoms with Crippen molar-refractivity contribution in [2.45, 2.75) is 65.2 Å². The molecule has 0 aliphatic heterocycles. The molecule has 3 N–H and O–H groups in total. The van der Waals surface area contributed by atoms with Crippen LogP contribution >= 0.6 is 0 Å². The standard InChI is InChI=1S/C14H27NO2/c1-3-5-7-9-12(11-16)13(14(15)17)10-8-6-4-2/h16H,3-11H2,1-2H3,(H2,15,17)/b13-12+. The average Bonchev–Trinajstić information content (AvgIpc) is 2.31. The van der Waals surface area contributed by atoms with Crippen LogP contribution in [0.2, 0.25) is 0 Å². The summed E-state index contributed by atoms with van der Waals surface area (Å²) in [6, 6.07) is 0. The van der Waals surface area contributed by atoms with Gasteiger partial charge < -0.3 is 10.8 Å². The lowest BCUT2D eigenvalue weighted by Crippen LogP contribution is -2.17. The topological polar surface area (TPSA) is 63.3 Å². The first-order valence-corrected chi connectivity index (χ1v) is 6.78. The molecule has 0 heterocycles. The summed E-state index contributed by atoms with van der Waals surface area (Å²) in [6.07, 6.45) is 8.01. The van der Waals surface area contributed by atoms with E-state index in [9.17, 15) is 9.90 Å². The fourth-order valence-corrected chi connectivity index (χ4v) is 1.94. The average molecular weight is 241 g/mol. The molecular weight excluding hydrogens is 214 g/mol. The van der Waals surface area contributed by atoms with Crippen LogP contribution in [-0.2, 0) is 4.79 Å². The quantitative estimate of drug-likeness (QED) is 0.456. The number of unbranched alkanes of at least 4 members (excludes halogenated alkanes) is 4. The maximum absolute atomic E-state index is 11.4. The molecule has 0 aromatic heterocycles. The van der Waals surface area contributed by atoms with E-state index in [2.05, 4.69) is 13.8 Å². The second-order valence-corrected chi connectivity index (χ2v) is 4.52. The minimum atomic E-state index is -0.360. The zero-order chi connectivity index (χ0) is 13.1. The number of carbonyl (C=O) groups is 1. The number of rotatable bonds is 10. The van der Waals surface area contributed by atoms with Gasteiger partial charge in [0.2, 0.25) is 5.91 Å². The summed E-state index contributed by atoms with van der Waals surface area (Å²) in [5.41, 5.74) is 6.90. The minimum absolute atomic E-state index is 0.0336.